The van der Waals surface area contributed by atoms with Gasteiger partial charge in [0.1, 0.15) is 5.52 Å². The summed E-state index contributed by atoms with van der Waals surface area (Å²) >= 11 is 0. The summed E-state index contributed by atoms with van der Waals surface area (Å²) in [6.45, 7) is 7.31. The van der Waals surface area contributed by atoms with E-state index in [4.69, 9.17) is 0 Å². The molecule has 1 saturated heterocycles. The number of nitrogens with zero attached hydrogens (tertiary/aromatic N) is 1. The first-order chi connectivity index (χ1) is 9.07. The van der Waals surface area contributed by atoms with Crippen LogP contribution in [0, 0.1) is 12.3 Å². The first-order valence-corrected chi connectivity index (χ1v) is 6.97. The molecule has 0 aromatic carbocycles. The Balaban J connectivity index is 1.99. The molecule has 0 amide bonds. The van der Waals surface area contributed by atoms with E-state index >= 15 is 0 Å². The highest BCUT2D eigenvalue weighted by molar-refractivity contribution is 5.79. The van der Waals surface area contributed by atoms with Crippen LogP contribution in [0.2, 0.25) is 0 Å². The Bertz CT molecular complexity index is 647. The Morgan fingerprint density at radius 3 is 2.84 bits per heavy atom. The summed E-state index contributed by atoms with van der Waals surface area (Å²) in [7, 11) is 0. The zero-order valence-electron chi connectivity index (χ0n) is 11.6. The van der Waals surface area contributed by atoms with Crippen molar-refractivity contribution in [1.82, 2.24) is 14.9 Å². The number of hydrogen-bond donors (Lipinski definition) is 2. The van der Waals surface area contributed by atoms with Gasteiger partial charge in [-0.15, -0.1) is 0 Å². The molecule has 3 heterocycles. The molecule has 0 aliphatic carbocycles. The van der Waals surface area contributed by atoms with Crippen molar-refractivity contribution in [3.8, 4) is 0 Å². The van der Waals surface area contributed by atoms with Crippen LogP contribution in [0.1, 0.15) is 25.5 Å². The van der Waals surface area contributed by atoms with E-state index in [9.17, 15) is 4.79 Å². The van der Waals surface area contributed by atoms with Gasteiger partial charge in [-0.05, 0) is 50.4 Å². The third kappa shape index (κ3) is 2.32. The normalized spacial score (nSPS) is 18.8. The zero-order chi connectivity index (χ0) is 13.5. The fourth-order valence-electron chi connectivity index (χ4n) is 3.11. The van der Waals surface area contributed by atoms with Gasteiger partial charge >= 0.3 is 0 Å². The molecule has 1 fully saturated rings. The van der Waals surface area contributed by atoms with Crippen molar-refractivity contribution in [2.45, 2.75) is 33.2 Å². The summed E-state index contributed by atoms with van der Waals surface area (Å²) < 4.78 is 2.12. The summed E-state index contributed by atoms with van der Waals surface area (Å²) in [4.78, 5) is 15.0. The second kappa shape index (κ2) is 4.53. The average molecular weight is 259 g/mol. The van der Waals surface area contributed by atoms with Crippen LogP contribution < -0.4 is 10.9 Å². The molecule has 0 spiro atoms. The molecule has 0 bridgehead atoms. The van der Waals surface area contributed by atoms with Gasteiger partial charge < -0.3 is 14.9 Å². The predicted molar refractivity (Wildman–Crippen MR) is 77.5 cm³/mol. The molecular formula is C15H21N3O. The Labute approximate surface area is 112 Å². The van der Waals surface area contributed by atoms with Crippen molar-refractivity contribution in [1.29, 1.82) is 0 Å². The van der Waals surface area contributed by atoms with E-state index in [1.807, 2.05) is 25.3 Å². The highest BCUT2D eigenvalue weighted by Gasteiger charge is 2.27. The molecule has 0 atom stereocenters. The minimum absolute atomic E-state index is 0.0255. The lowest BCUT2D eigenvalue weighted by Crippen LogP contribution is -2.37. The van der Waals surface area contributed by atoms with E-state index < -0.39 is 0 Å². The number of aromatic amines is 1. The van der Waals surface area contributed by atoms with E-state index in [1.54, 1.807) is 0 Å². The van der Waals surface area contributed by atoms with Gasteiger partial charge in [-0.25, -0.2) is 0 Å². The predicted octanol–water partition coefficient (Wildman–Crippen LogP) is 2.03. The topological polar surface area (TPSA) is 49.8 Å². The molecule has 102 valence electrons. The van der Waals surface area contributed by atoms with Crippen molar-refractivity contribution in [3.05, 3.63) is 34.4 Å². The molecule has 2 aromatic rings. The van der Waals surface area contributed by atoms with Crippen LogP contribution in [-0.2, 0) is 6.54 Å². The highest BCUT2D eigenvalue weighted by Crippen LogP contribution is 2.31. The number of aromatic nitrogens is 2. The van der Waals surface area contributed by atoms with Crippen LogP contribution in [0.3, 0.4) is 0 Å². The van der Waals surface area contributed by atoms with Crippen LogP contribution >= 0.6 is 0 Å². The molecule has 4 nitrogen and oxygen atoms in total. The molecule has 19 heavy (non-hydrogen) atoms. The van der Waals surface area contributed by atoms with Gasteiger partial charge in [0.15, 0.2) is 0 Å². The Kier molecular flexibility index (Phi) is 2.97. The number of aryl methyl sites for hydroxylation is 1. The van der Waals surface area contributed by atoms with Gasteiger partial charge in [-0.3, -0.25) is 4.79 Å². The first-order valence-electron chi connectivity index (χ1n) is 6.97. The van der Waals surface area contributed by atoms with E-state index in [2.05, 4.69) is 21.8 Å². The largest absolute Gasteiger partial charge is 0.342 e. The van der Waals surface area contributed by atoms with Crippen LogP contribution in [0.4, 0.5) is 0 Å². The van der Waals surface area contributed by atoms with Crippen LogP contribution in [-0.4, -0.2) is 22.6 Å². The van der Waals surface area contributed by atoms with E-state index in [0.717, 1.165) is 49.1 Å². The molecule has 2 N–H and O–H groups in total. The average Bonchev–Trinajstić information content (AvgIpc) is 2.72. The fourth-order valence-corrected chi connectivity index (χ4v) is 3.11. The van der Waals surface area contributed by atoms with Crippen molar-refractivity contribution < 1.29 is 0 Å². The van der Waals surface area contributed by atoms with Crippen LogP contribution in [0.15, 0.2) is 23.1 Å². The molecule has 4 heteroatoms. The number of pyridine rings is 1. The second-order valence-corrected chi connectivity index (χ2v) is 6.09. The minimum atomic E-state index is 0.0255. The highest BCUT2D eigenvalue weighted by atomic mass is 16.1. The zero-order valence-corrected chi connectivity index (χ0v) is 11.6. The van der Waals surface area contributed by atoms with Crippen LogP contribution in [0.25, 0.3) is 10.9 Å². The number of H-pyrrole nitrogens is 1. The molecule has 3 rings (SSSR count). The maximum absolute atomic E-state index is 12.1. The Morgan fingerprint density at radius 2 is 2.11 bits per heavy atom. The number of hydrogen-bond acceptors (Lipinski definition) is 2. The van der Waals surface area contributed by atoms with E-state index in [0.29, 0.717) is 0 Å². The summed E-state index contributed by atoms with van der Waals surface area (Å²) in [5.41, 5.74) is 2.04. The number of fused-ring (bicyclic) bond motifs is 1. The lowest BCUT2D eigenvalue weighted by molar-refractivity contribution is 0.197. The smallest absolute Gasteiger partial charge is 0.272 e. The number of nitrogens with one attached hydrogen (secondary N) is 2. The summed E-state index contributed by atoms with van der Waals surface area (Å²) in [5.74, 6) is 0. The number of rotatable bonds is 2. The molecule has 1 aliphatic heterocycles. The standard InChI is InChI=1S/C15H21N3O/c1-11-9-12-3-8-18(13(12)14(19)17-11)10-15(2)4-6-16-7-5-15/h3,8-9,16H,4-7,10H2,1-2H3,(H,17,19). The molecule has 2 aromatic heterocycles. The third-order valence-corrected chi connectivity index (χ3v) is 4.26. The van der Waals surface area contributed by atoms with E-state index in [1.165, 1.54) is 0 Å². The molecule has 0 unspecified atom stereocenters. The van der Waals surface area contributed by atoms with Gasteiger partial charge in [-0.1, -0.05) is 6.92 Å². The van der Waals surface area contributed by atoms with E-state index in [-0.39, 0.29) is 11.0 Å². The summed E-state index contributed by atoms with van der Waals surface area (Å²) in [6, 6.07) is 4.08. The van der Waals surface area contributed by atoms with Gasteiger partial charge in [-0.2, -0.15) is 0 Å². The van der Waals surface area contributed by atoms with Gasteiger partial charge in [0, 0.05) is 23.8 Å². The van der Waals surface area contributed by atoms with Crippen LogP contribution in [0.5, 0.6) is 0 Å². The Morgan fingerprint density at radius 1 is 1.37 bits per heavy atom. The molecule has 0 saturated carbocycles. The molecule has 1 aliphatic rings. The minimum Gasteiger partial charge on any atom is -0.342 e. The second-order valence-electron chi connectivity index (χ2n) is 6.09. The third-order valence-electron chi connectivity index (χ3n) is 4.26. The summed E-state index contributed by atoms with van der Waals surface area (Å²) in [6.07, 6.45) is 4.37. The summed E-state index contributed by atoms with van der Waals surface area (Å²) in [5, 5.41) is 4.44. The number of piperidine rings is 1. The maximum atomic E-state index is 12.1. The maximum Gasteiger partial charge on any atom is 0.272 e. The van der Waals surface area contributed by atoms with Crippen molar-refractivity contribution in [2.75, 3.05) is 13.1 Å². The van der Waals surface area contributed by atoms with Crippen molar-refractivity contribution >= 4 is 10.9 Å². The quantitative estimate of drug-likeness (QED) is 0.867. The lowest BCUT2D eigenvalue weighted by atomic mass is 9.81. The fraction of sp³-hybridized carbons (Fsp3) is 0.533. The van der Waals surface area contributed by atoms with Crippen molar-refractivity contribution in [2.24, 2.45) is 5.41 Å². The van der Waals surface area contributed by atoms with Crippen molar-refractivity contribution in [3.63, 3.8) is 0 Å². The first kappa shape index (κ1) is 12.5. The van der Waals surface area contributed by atoms with Gasteiger partial charge in [0.2, 0.25) is 0 Å². The SMILES string of the molecule is Cc1cc2ccn(CC3(C)CCNCC3)c2c(=O)[nH]1. The molecular weight excluding hydrogens is 238 g/mol. The van der Waals surface area contributed by atoms with Gasteiger partial charge in [0.05, 0.1) is 0 Å². The van der Waals surface area contributed by atoms with Gasteiger partial charge in [0.25, 0.3) is 5.56 Å². The molecule has 0 radical (unpaired) electrons. The monoisotopic (exact) mass is 259 g/mol. The Hall–Kier alpha value is -1.55. The lowest BCUT2D eigenvalue weighted by Gasteiger charge is -2.34.